The highest BCUT2D eigenvalue weighted by Gasteiger charge is 2.33. The lowest BCUT2D eigenvalue weighted by molar-refractivity contribution is -0.137. The second kappa shape index (κ2) is 6.88. The van der Waals surface area contributed by atoms with E-state index < -0.39 is 11.7 Å². The van der Waals surface area contributed by atoms with Gasteiger partial charge in [0.15, 0.2) is 0 Å². The number of alkyl halides is 3. The van der Waals surface area contributed by atoms with Gasteiger partial charge in [-0.05, 0) is 38.1 Å². The number of aryl methyl sites for hydroxylation is 1. The van der Waals surface area contributed by atoms with Gasteiger partial charge in [-0.1, -0.05) is 6.07 Å². The minimum atomic E-state index is -4.47. The zero-order valence-corrected chi connectivity index (χ0v) is 13.2. The summed E-state index contributed by atoms with van der Waals surface area (Å²) in [5, 5.41) is 9.09. The molecule has 128 valence electrons. The smallest absolute Gasteiger partial charge is 0.396 e. The first-order chi connectivity index (χ1) is 10.7. The predicted octanol–water partition coefficient (Wildman–Crippen LogP) is 2.15. The molecular weight excluding hydrogens is 309 g/mol. The number of carbonyl (C=O) groups is 1. The van der Waals surface area contributed by atoms with E-state index in [2.05, 4.69) is 4.90 Å². The molecule has 0 saturated carbocycles. The van der Waals surface area contributed by atoms with E-state index in [1.54, 1.807) is 11.8 Å². The van der Waals surface area contributed by atoms with E-state index in [-0.39, 0.29) is 24.1 Å². The van der Waals surface area contributed by atoms with Gasteiger partial charge < -0.3 is 10.0 Å². The second-order valence-electron chi connectivity index (χ2n) is 5.93. The predicted molar refractivity (Wildman–Crippen MR) is 80.2 cm³/mol. The molecule has 1 amide bonds. The molecule has 23 heavy (non-hydrogen) atoms. The summed E-state index contributed by atoms with van der Waals surface area (Å²) in [5.41, 5.74) is -0.194. The summed E-state index contributed by atoms with van der Waals surface area (Å²) >= 11 is 0. The van der Waals surface area contributed by atoms with Crippen LogP contribution in [0.5, 0.6) is 0 Å². The van der Waals surface area contributed by atoms with E-state index in [0.717, 1.165) is 12.1 Å². The van der Waals surface area contributed by atoms with E-state index in [1.807, 2.05) is 7.05 Å². The average Bonchev–Trinajstić information content (AvgIpc) is 2.48. The van der Waals surface area contributed by atoms with Crippen LogP contribution in [0.15, 0.2) is 18.2 Å². The number of rotatable bonds is 3. The highest BCUT2D eigenvalue weighted by molar-refractivity contribution is 5.96. The highest BCUT2D eigenvalue weighted by Crippen LogP contribution is 2.31. The fourth-order valence-electron chi connectivity index (χ4n) is 2.79. The summed E-state index contributed by atoms with van der Waals surface area (Å²) in [5.74, 6) is -0.385. The molecule has 0 bridgehead atoms. The van der Waals surface area contributed by atoms with Gasteiger partial charge in [0, 0.05) is 37.8 Å². The molecule has 0 aliphatic carbocycles. The zero-order chi connectivity index (χ0) is 17.2. The van der Waals surface area contributed by atoms with Crippen LogP contribution in [0.4, 0.5) is 13.2 Å². The van der Waals surface area contributed by atoms with Crippen molar-refractivity contribution in [1.29, 1.82) is 0 Å². The van der Waals surface area contributed by atoms with Crippen molar-refractivity contribution in [2.75, 3.05) is 33.3 Å². The van der Waals surface area contributed by atoms with Gasteiger partial charge >= 0.3 is 6.18 Å². The Morgan fingerprint density at radius 2 is 2.04 bits per heavy atom. The third-order valence-electron chi connectivity index (χ3n) is 4.32. The first-order valence-electron chi connectivity index (χ1n) is 7.52. The lowest BCUT2D eigenvalue weighted by Gasteiger charge is -2.39. The number of likely N-dealkylation sites (N-methyl/N-ethyl adjacent to an activating group) is 1. The normalized spacial score (nSPS) is 19.9. The molecule has 1 fully saturated rings. The van der Waals surface area contributed by atoms with Crippen molar-refractivity contribution < 1.29 is 23.1 Å². The minimum absolute atomic E-state index is 0.0135. The van der Waals surface area contributed by atoms with Gasteiger partial charge in [0.05, 0.1) is 5.56 Å². The molecule has 7 heteroatoms. The number of halogens is 3. The zero-order valence-electron chi connectivity index (χ0n) is 13.2. The largest absolute Gasteiger partial charge is 0.416 e. The standard InChI is InChI=1S/C16H21F3N2O2/c1-11-3-4-12(16(17,18)19)9-14(11)15(23)21-7-6-20(2)13(10-21)5-8-22/h3-4,9,13,22H,5-8,10H2,1-2H3/t13-/m0/s1. The average molecular weight is 330 g/mol. The van der Waals surface area contributed by atoms with Crippen LogP contribution < -0.4 is 0 Å². The number of aliphatic hydroxyl groups is 1. The van der Waals surface area contributed by atoms with Crippen molar-refractivity contribution in [1.82, 2.24) is 9.80 Å². The maximum absolute atomic E-state index is 12.9. The molecule has 0 radical (unpaired) electrons. The molecule has 2 rings (SSSR count). The number of carbonyl (C=O) groups excluding carboxylic acids is 1. The van der Waals surface area contributed by atoms with E-state index in [0.29, 0.717) is 31.6 Å². The van der Waals surface area contributed by atoms with Gasteiger partial charge in [-0.3, -0.25) is 9.69 Å². The van der Waals surface area contributed by atoms with Crippen LogP contribution in [0.1, 0.15) is 27.9 Å². The molecule has 1 heterocycles. The van der Waals surface area contributed by atoms with Crippen molar-refractivity contribution in [3.8, 4) is 0 Å². The van der Waals surface area contributed by atoms with Crippen LogP contribution in [0, 0.1) is 6.92 Å². The molecule has 1 aromatic carbocycles. The van der Waals surface area contributed by atoms with E-state index in [4.69, 9.17) is 5.11 Å². The molecule has 4 nitrogen and oxygen atoms in total. The molecule has 1 aliphatic heterocycles. The number of amides is 1. The number of hydrogen-bond donors (Lipinski definition) is 1. The maximum atomic E-state index is 12.9. The summed E-state index contributed by atoms with van der Waals surface area (Å²) < 4.78 is 38.6. The van der Waals surface area contributed by atoms with Crippen molar-refractivity contribution in [3.05, 3.63) is 34.9 Å². The van der Waals surface area contributed by atoms with Crippen molar-refractivity contribution in [2.45, 2.75) is 25.6 Å². The topological polar surface area (TPSA) is 43.8 Å². The molecule has 0 unspecified atom stereocenters. The van der Waals surface area contributed by atoms with E-state index >= 15 is 0 Å². The quantitative estimate of drug-likeness (QED) is 0.924. The molecule has 1 N–H and O–H groups in total. The van der Waals surface area contributed by atoms with Gasteiger partial charge in [-0.15, -0.1) is 0 Å². The number of hydrogen-bond acceptors (Lipinski definition) is 3. The summed E-state index contributed by atoms with van der Waals surface area (Å²) in [6.07, 6.45) is -3.94. The van der Waals surface area contributed by atoms with Crippen LogP contribution >= 0.6 is 0 Å². The Morgan fingerprint density at radius 1 is 1.35 bits per heavy atom. The van der Waals surface area contributed by atoms with Crippen LogP contribution in [0.2, 0.25) is 0 Å². The van der Waals surface area contributed by atoms with Gasteiger partial charge in [0.2, 0.25) is 0 Å². The Hall–Kier alpha value is -1.60. The summed E-state index contributed by atoms with van der Waals surface area (Å²) in [7, 11) is 1.91. The number of aliphatic hydroxyl groups excluding tert-OH is 1. The molecule has 1 aliphatic rings. The maximum Gasteiger partial charge on any atom is 0.416 e. The van der Waals surface area contributed by atoms with E-state index in [1.165, 1.54) is 6.07 Å². The number of piperazine rings is 1. The van der Waals surface area contributed by atoms with Crippen LogP contribution in [-0.2, 0) is 6.18 Å². The summed E-state index contributed by atoms with van der Waals surface area (Å²) in [6, 6.07) is 3.27. The van der Waals surface area contributed by atoms with Crippen LogP contribution in [0.3, 0.4) is 0 Å². The Bertz CT molecular complexity index is 575. The lowest BCUT2D eigenvalue weighted by Crippen LogP contribution is -2.53. The van der Waals surface area contributed by atoms with Crippen molar-refractivity contribution in [2.24, 2.45) is 0 Å². The first kappa shape index (κ1) is 17.7. The summed E-state index contributed by atoms with van der Waals surface area (Å²) in [6.45, 7) is 3.15. The van der Waals surface area contributed by atoms with Gasteiger partial charge in [0.1, 0.15) is 0 Å². The molecule has 1 aromatic rings. The fraction of sp³-hybridized carbons (Fsp3) is 0.562. The Kier molecular flexibility index (Phi) is 5.31. The third kappa shape index (κ3) is 4.03. The summed E-state index contributed by atoms with van der Waals surface area (Å²) in [4.78, 5) is 16.3. The first-order valence-corrected chi connectivity index (χ1v) is 7.52. The fourth-order valence-corrected chi connectivity index (χ4v) is 2.79. The molecule has 1 atom stereocenters. The van der Waals surface area contributed by atoms with Crippen LogP contribution in [0.25, 0.3) is 0 Å². The van der Waals surface area contributed by atoms with Crippen LogP contribution in [-0.4, -0.2) is 60.1 Å². The third-order valence-corrected chi connectivity index (χ3v) is 4.32. The number of benzene rings is 1. The van der Waals surface area contributed by atoms with Gasteiger partial charge in [-0.2, -0.15) is 13.2 Å². The Balaban J connectivity index is 2.23. The second-order valence-corrected chi connectivity index (χ2v) is 5.93. The molecular formula is C16H21F3N2O2. The molecule has 1 saturated heterocycles. The van der Waals surface area contributed by atoms with Gasteiger partial charge in [-0.25, -0.2) is 0 Å². The SMILES string of the molecule is Cc1ccc(C(F)(F)F)cc1C(=O)N1CCN(C)[C@@H](CCO)C1. The highest BCUT2D eigenvalue weighted by atomic mass is 19.4. The van der Waals surface area contributed by atoms with Crippen molar-refractivity contribution >= 4 is 5.91 Å². The number of nitrogens with zero attached hydrogens (tertiary/aromatic N) is 2. The monoisotopic (exact) mass is 330 g/mol. The van der Waals surface area contributed by atoms with Gasteiger partial charge in [0.25, 0.3) is 5.91 Å². The lowest BCUT2D eigenvalue weighted by atomic mass is 10.0. The van der Waals surface area contributed by atoms with Crippen molar-refractivity contribution in [3.63, 3.8) is 0 Å². The Labute approximate surface area is 133 Å². The minimum Gasteiger partial charge on any atom is -0.396 e. The Morgan fingerprint density at radius 3 is 2.65 bits per heavy atom. The molecule has 0 aromatic heterocycles. The van der Waals surface area contributed by atoms with E-state index in [9.17, 15) is 18.0 Å². The molecule has 0 spiro atoms.